The monoisotopic (exact) mass is 305 g/mol. The molecular formula is C17H27N3S. The van der Waals surface area contributed by atoms with Gasteiger partial charge >= 0.3 is 0 Å². The van der Waals surface area contributed by atoms with E-state index < -0.39 is 0 Å². The minimum absolute atomic E-state index is 0.844. The fraction of sp³-hybridized carbons (Fsp3) is 0.765. The molecule has 2 aliphatic carbocycles. The van der Waals surface area contributed by atoms with Gasteiger partial charge in [0.25, 0.3) is 0 Å². The first-order valence-electron chi connectivity index (χ1n) is 8.61. The third kappa shape index (κ3) is 3.91. The Kier molecular flexibility index (Phi) is 5.39. The molecule has 1 N–H and O–H groups in total. The largest absolute Gasteiger partial charge is 0.370 e. The summed E-state index contributed by atoms with van der Waals surface area (Å²) < 4.78 is 0. The van der Waals surface area contributed by atoms with Crippen molar-refractivity contribution >= 4 is 17.6 Å². The lowest BCUT2D eigenvalue weighted by atomic mass is 9.96. The van der Waals surface area contributed by atoms with Gasteiger partial charge in [0, 0.05) is 23.1 Å². The fourth-order valence-corrected chi connectivity index (χ4v) is 4.53. The van der Waals surface area contributed by atoms with Gasteiger partial charge in [-0.3, -0.25) is 0 Å². The molecule has 1 saturated carbocycles. The van der Waals surface area contributed by atoms with E-state index in [0.717, 1.165) is 48.5 Å². The molecule has 1 aromatic heterocycles. The van der Waals surface area contributed by atoms with Crippen molar-refractivity contribution in [1.82, 2.24) is 9.97 Å². The van der Waals surface area contributed by atoms with Gasteiger partial charge < -0.3 is 5.32 Å². The van der Waals surface area contributed by atoms with Gasteiger partial charge in [0.1, 0.15) is 11.6 Å². The van der Waals surface area contributed by atoms with Crippen LogP contribution in [0.4, 0.5) is 5.82 Å². The Hall–Kier alpha value is -0.770. The number of hydrogen-bond donors (Lipinski definition) is 1. The van der Waals surface area contributed by atoms with Crippen LogP contribution in [0.1, 0.15) is 69.0 Å². The fourth-order valence-electron chi connectivity index (χ4n) is 3.35. The van der Waals surface area contributed by atoms with Crippen LogP contribution < -0.4 is 5.32 Å². The Morgan fingerprint density at radius 3 is 2.71 bits per heavy atom. The number of thioether (sulfide) groups is 1. The summed E-state index contributed by atoms with van der Waals surface area (Å²) in [6.07, 6.45) is 11.6. The average Bonchev–Trinajstić information content (AvgIpc) is 3.04. The van der Waals surface area contributed by atoms with Crippen LogP contribution in [0.25, 0.3) is 0 Å². The predicted molar refractivity (Wildman–Crippen MR) is 91.0 cm³/mol. The molecule has 0 radical (unpaired) electrons. The molecule has 4 heteroatoms. The zero-order valence-electron chi connectivity index (χ0n) is 13.2. The van der Waals surface area contributed by atoms with E-state index in [2.05, 4.69) is 24.0 Å². The van der Waals surface area contributed by atoms with Crippen molar-refractivity contribution in [3.8, 4) is 0 Å². The summed E-state index contributed by atoms with van der Waals surface area (Å²) >= 11 is 2.07. The third-order valence-corrected chi connectivity index (χ3v) is 5.89. The van der Waals surface area contributed by atoms with E-state index in [1.54, 1.807) is 0 Å². The molecule has 0 spiro atoms. The maximum Gasteiger partial charge on any atom is 0.140 e. The van der Waals surface area contributed by atoms with Crippen LogP contribution in [-0.4, -0.2) is 21.8 Å². The SMILES string of the molecule is CCCNc1nc(CSC2CCCC2)nc2c1CCCC2. The summed E-state index contributed by atoms with van der Waals surface area (Å²) in [4.78, 5) is 9.71. The molecular weight excluding hydrogens is 278 g/mol. The summed E-state index contributed by atoms with van der Waals surface area (Å²) in [5, 5.41) is 4.37. The third-order valence-electron chi connectivity index (χ3n) is 4.52. The lowest BCUT2D eigenvalue weighted by Crippen LogP contribution is -2.15. The Bertz CT molecular complexity index is 469. The lowest BCUT2D eigenvalue weighted by Gasteiger charge is -2.20. The molecule has 0 atom stereocenters. The Labute approximate surface area is 132 Å². The molecule has 116 valence electrons. The second kappa shape index (κ2) is 7.48. The van der Waals surface area contributed by atoms with Gasteiger partial charge in [0.15, 0.2) is 0 Å². The number of rotatable bonds is 6. The molecule has 3 nitrogen and oxygen atoms in total. The number of aromatic nitrogens is 2. The standard InChI is InChI=1S/C17H27N3S/c1-2-11-18-17-14-9-5-6-10-15(14)19-16(20-17)12-21-13-7-3-4-8-13/h13H,2-12H2,1H3,(H,18,19,20). The highest BCUT2D eigenvalue weighted by Gasteiger charge is 2.19. The lowest BCUT2D eigenvalue weighted by molar-refractivity contribution is 0.658. The van der Waals surface area contributed by atoms with Crippen molar-refractivity contribution in [2.24, 2.45) is 0 Å². The Morgan fingerprint density at radius 2 is 1.90 bits per heavy atom. The van der Waals surface area contributed by atoms with Gasteiger partial charge in [-0.2, -0.15) is 11.8 Å². The topological polar surface area (TPSA) is 37.8 Å². The average molecular weight is 305 g/mol. The molecule has 21 heavy (non-hydrogen) atoms. The molecule has 0 aromatic carbocycles. The van der Waals surface area contributed by atoms with Crippen molar-refractivity contribution in [2.45, 2.75) is 75.7 Å². The molecule has 1 aromatic rings. The van der Waals surface area contributed by atoms with Crippen LogP contribution in [0.15, 0.2) is 0 Å². The molecule has 2 aliphatic rings. The van der Waals surface area contributed by atoms with Crippen molar-refractivity contribution < 1.29 is 0 Å². The summed E-state index contributed by atoms with van der Waals surface area (Å²) in [5.74, 6) is 3.16. The van der Waals surface area contributed by atoms with Crippen LogP contribution in [0.5, 0.6) is 0 Å². The summed E-state index contributed by atoms with van der Waals surface area (Å²) in [5.41, 5.74) is 2.71. The van der Waals surface area contributed by atoms with E-state index in [-0.39, 0.29) is 0 Å². The van der Waals surface area contributed by atoms with Crippen molar-refractivity contribution in [1.29, 1.82) is 0 Å². The summed E-state index contributed by atoms with van der Waals surface area (Å²) in [7, 11) is 0. The minimum atomic E-state index is 0.844. The molecule has 1 heterocycles. The van der Waals surface area contributed by atoms with Crippen LogP contribution in [0.3, 0.4) is 0 Å². The highest BCUT2D eigenvalue weighted by atomic mass is 32.2. The van der Waals surface area contributed by atoms with E-state index in [9.17, 15) is 0 Å². The number of nitrogens with one attached hydrogen (secondary N) is 1. The van der Waals surface area contributed by atoms with Crippen molar-refractivity contribution in [3.63, 3.8) is 0 Å². The first-order valence-corrected chi connectivity index (χ1v) is 9.66. The van der Waals surface area contributed by atoms with E-state index in [1.165, 1.54) is 49.8 Å². The number of anilines is 1. The maximum absolute atomic E-state index is 4.87. The van der Waals surface area contributed by atoms with Gasteiger partial charge in [0.05, 0.1) is 5.75 Å². The van der Waals surface area contributed by atoms with Crippen molar-refractivity contribution in [2.75, 3.05) is 11.9 Å². The molecule has 0 bridgehead atoms. The van der Waals surface area contributed by atoms with Crippen LogP contribution in [0.2, 0.25) is 0 Å². The van der Waals surface area contributed by atoms with Gasteiger partial charge in [0.2, 0.25) is 0 Å². The van der Waals surface area contributed by atoms with Crippen LogP contribution in [0, 0.1) is 0 Å². The predicted octanol–water partition coefficient (Wildman–Crippen LogP) is 4.35. The van der Waals surface area contributed by atoms with E-state index in [4.69, 9.17) is 9.97 Å². The number of aryl methyl sites for hydroxylation is 1. The second-order valence-corrected chi connectivity index (χ2v) is 7.55. The minimum Gasteiger partial charge on any atom is -0.370 e. The van der Waals surface area contributed by atoms with Gasteiger partial charge in [-0.05, 0) is 44.9 Å². The molecule has 3 rings (SSSR count). The molecule has 0 aliphatic heterocycles. The van der Waals surface area contributed by atoms with Crippen LogP contribution >= 0.6 is 11.8 Å². The first-order chi connectivity index (χ1) is 10.4. The first kappa shape index (κ1) is 15.1. The number of fused-ring (bicyclic) bond motifs is 1. The number of hydrogen-bond acceptors (Lipinski definition) is 4. The van der Waals surface area contributed by atoms with Gasteiger partial charge in [-0.25, -0.2) is 9.97 Å². The second-order valence-electron chi connectivity index (χ2n) is 6.27. The van der Waals surface area contributed by atoms with E-state index in [0.29, 0.717) is 0 Å². The quantitative estimate of drug-likeness (QED) is 0.847. The molecule has 1 fully saturated rings. The summed E-state index contributed by atoms with van der Waals surface area (Å²) in [6.45, 7) is 3.22. The maximum atomic E-state index is 4.87. The molecule has 0 unspecified atom stereocenters. The number of nitrogens with zero attached hydrogens (tertiary/aromatic N) is 2. The zero-order valence-corrected chi connectivity index (χ0v) is 14.0. The molecule has 0 amide bonds. The van der Waals surface area contributed by atoms with Crippen molar-refractivity contribution in [3.05, 3.63) is 17.1 Å². The smallest absolute Gasteiger partial charge is 0.140 e. The Balaban J connectivity index is 1.72. The highest BCUT2D eigenvalue weighted by Crippen LogP contribution is 2.32. The van der Waals surface area contributed by atoms with E-state index in [1.807, 2.05) is 0 Å². The summed E-state index contributed by atoms with van der Waals surface area (Å²) in [6, 6.07) is 0. The van der Waals surface area contributed by atoms with Crippen LogP contribution in [-0.2, 0) is 18.6 Å². The molecule has 0 saturated heterocycles. The normalized spacial score (nSPS) is 18.7. The van der Waals surface area contributed by atoms with Gasteiger partial charge in [-0.1, -0.05) is 19.8 Å². The van der Waals surface area contributed by atoms with Gasteiger partial charge in [-0.15, -0.1) is 0 Å². The zero-order chi connectivity index (χ0) is 14.5. The van der Waals surface area contributed by atoms with E-state index >= 15 is 0 Å². The highest BCUT2D eigenvalue weighted by molar-refractivity contribution is 7.99. The Morgan fingerprint density at radius 1 is 1.10 bits per heavy atom.